The Labute approximate surface area is 237 Å². The first kappa shape index (κ1) is 28.6. The van der Waals surface area contributed by atoms with Crippen LogP contribution in [0.2, 0.25) is 5.02 Å². The molecule has 1 aromatic carbocycles. The van der Waals surface area contributed by atoms with Crippen molar-refractivity contribution in [3.8, 4) is 11.3 Å². The van der Waals surface area contributed by atoms with E-state index < -0.39 is 6.04 Å². The van der Waals surface area contributed by atoms with E-state index in [2.05, 4.69) is 20.6 Å². The van der Waals surface area contributed by atoms with Gasteiger partial charge in [0.1, 0.15) is 0 Å². The van der Waals surface area contributed by atoms with Crippen LogP contribution in [0.25, 0.3) is 11.3 Å². The molecule has 0 fully saturated rings. The van der Waals surface area contributed by atoms with Crippen LogP contribution in [-0.2, 0) is 4.79 Å². The molecule has 2 unspecified atom stereocenters. The number of amides is 1. The Kier molecular flexibility index (Phi) is 9.00. The number of pyridine rings is 1. The van der Waals surface area contributed by atoms with Crippen molar-refractivity contribution in [2.75, 3.05) is 12.4 Å². The number of nitrogens with two attached hydrogens (primary N) is 2. The van der Waals surface area contributed by atoms with Crippen molar-refractivity contribution in [1.82, 2.24) is 19.9 Å². The van der Waals surface area contributed by atoms with Crippen molar-refractivity contribution in [2.24, 2.45) is 22.4 Å². The number of rotatable bonds is 4. The number of carbonyl (C=O) groups excluding carboxylic acids is 1. The molecule has 0 aliphatic carbocycles. The third-order valence-corrected chi connectivity index (χ3v) is 7.23. The molecule has 2 bridgehead atoms. The number of nitrogens with zero attached hydrogens (tertiary/aromatic N) is 4. The van der Waals surface area contributed by atoms with Gasteiger partial charge in [-0.25, -0.2) is 4.98 Å². The van der Waals surface area contributed by atoms with Crippen LogP contribution in [0.3, 0.4) is 0 Å². The van der Waals surface area contributed by atoms with Crippen molar-refractivity contribution < 1.29 is 4.79 Å². The minimum Gasteiger partial charge on any atom is -0.403 e. The molecule has 3 heterocycles. The summed E-state index contributed by atoms with van der Waals surface area (Å²) in [6.07, 6.45) is 9.41. The maximum atomic E-state index is 13.9. The number of halogens is 1. The molecule has 1 aliphatic rings. The van der Waals surface area contributed by atoms with Crippen LogP contribution in [-0.4, -0.2) is 33.2 Å². The third kappa shape index (κ3) is 5.91. The number of hydrogen-bond acceptors (Lipinski definition) is 8. The molecule has 10 nitrogen and oxygen atoms in total. The lowest BCUT2D eigenvalue weighted by atomic mass is 9.96. The second kappa shape index (κ2) is 12.6. The van der Waals surface area contributed by atoms with Crippen molar-refractivity contribution in [3.63, 3.8) is 0 Å². The SMILES string of the molecule is CN=C1C(=CN)NC(=O)C(C)CCCC(n2cnc(-c3cc(Cl)ccc3N/C=C\N)c(C)c2=O)c2cc1ccn2. The summed E-state index contributed by atoms with van der Waals surface area (Å²) in [7, 11) is 1.64. The topological polar surface area (TPSA) is 153 Å². The van der Waals surface area contributed by atoms with Crippen LogP contribution in [0.5, 0.6) is 0 Å². The fraction of sp³-hybridized carbons (Fsp3) is 0.276. The lowest BCUT2D eigenvalue weighted by Gasteiger charge is -2.23. The Morgan fingerprint density at radius 2 is 1.98 bits per heavy atom. The van der Waals surface area contributed by atoms with Gasteiger partial charge >= 0.3 is 0 Å². The summed E-state index contributed by atoms with van der Waals surface area (Å²) in [6, 6.07) is 8.57. The Hall–Kier alpha value is -4.44. The van der Waals surface area contributed by atoms with E-state index in [0.29, 0.717) is 63.9 Å². The molecule has 0 saturated carbocycles. The molecule has 6 N–H and O–H groups in total. The summed E-state index contributed by atoms with van der Waals surface area (Å²) >= 11 is 6.30. The zero-order valence-corrected chi connectivity index (χ0v) is 23.4. The molecule has 1 aliphatic heterocycles. The molecule has 0 spiro atoms. The van der Waals surface area contributed by atoms with Gasteiger partial charge in [0.25, 0.3) is 5.56 Å². The summed E-state index contributed by atoms with van der Waals surface area (Å²) in [5.41, 5.74) is 15.9. The second-order valence-corrected chi connectivity index (χ2v) is 10.0. The minimum atomic E-state index is -0.414. The second-order valence-electron chi connectivity index (χ2n) is 9.58. The first-order chi connectivity index (χ1) is 19.3. The van der Waals surface area contributed by atoms with E-state index in [-0.39, 0.29) is 17.4 Å². The molecule has 1 amide bonds. The van der Waals surface area contributed by atoms with Crippen molar-refractivity contribution in [2.45, 2.75) is 39.2 Å². The summed E-state index contributed by atoms with van der Waals surface area (Å²) < 4.78 is 1.61. The summed E-state index contributed by atoms with van der Waals surface area (Å²) in [5, 5.41) is 6.52. The maximum Gasteiger partial charge on any atom is 0.257 e. The van der Waals surface area contributed by atoms with Gasteiger partial charge in [0.15, 0.2) is 0 Å². The van der Waals surface area contributed by atoms with Crippen LogP contribution < -0.4 is 27.7 Å². The summed E-state index contributed by atoms with van der Waals surface area (Å²) in [4.78, 5) is 40.5. The number of allylic oxidation sites excluding steroid dienone is 1. The molecule has 2 atom stereocenters. The lowest BCUT2D eigenvalue weighted by molar-refractivity contribution is -0.123. The molecule has 208 valence electrons. The van der Waals surface area contributed by atoms with Crippen molar-refractivity contribution >= 4 is 28.9 Å². The lowest BCUT2D eigenvalue weighted by Crippen LogP contribution is -2.34. The van der Waals surface area contributed by atoms with E-state index >= 15 is 0 Å². The normalized spacial score (nSPS) is 20.2. The first-order valence-electron chi connectivity index (χ1n) is 13.0. The van der Waals surface area contributed by atoms with Crippen molar-refractivity contribution in [3.05, 3.63) is 99.4 Å². The summed E-state index contributed by atoms with van der Waals surface area (Å²) in [6.45, 7) is 3.62. The van der Waals surface area contributed by atoms with Gasteiger partial charge in [-0.15, -0.1) is 0 Å². The highest BCUT2D eigenvalue weighted by molar-refractivity contribution is 6.31. The third-order valence-electron chi connectivity index (χ3n) is 6.99. The Balaban J connectivity index is 1.84. The fourth-order valence-electron chi connectivity index (χ4n) is 4.83. The minimum absolute atomic E-state index is 0.140. The molecule has 3 aromatic rings. The smallest absolute Gasteiger partial charge is 0.257 e. The standard InChI is InChI=1S/C29H33ClN8O2/c1-17-5-4-6-25(23-13-19(9-11-34-23)27(33-3)24(15-32)37-28(17)39)38-16-36-26(18(2)29(38)40)21-14-20(30)7-8-22(21)35-12-10-31/h7-17,25,35H,4-6,31-32H2,1-3H3,(H,37,39)/b12-10-,24-15?,33-27?. The zero-order chi connectivity index (χ0) is 28.8. The van der Waals surface area contributed by atoms with Gasteiger partial charge in [0.05, 0.1) is 35.2 Å². The van der Waals surface area contributed by atoms with Crippen LogP contribution in [0.15, 0.2) is 76.9 Å². The molecule has 4 rings (SSSR count). The molecule has 40 heavy (non-hydrogen) atoms. The Morgan fingerprint density at radius 1 is 1.18 bits per heavy atom. The average Bonchev–Trinajstić information content (AvgIpc) is 2.95. The van der Waals surface area contributed by atoms with Gasteiger partial charge in [-0.1, -0.05) is 24.9 Å². The number of fused-ring (bicyclic) bond motifs is 2. The summed E-state index contributed by atoms with van der Waals surface area (Å²) in [5.74, 6) is -0.409. The Morgan fingerprint density at radius 3 is 2.70 bits per heavy atom. The highest BCUT2D eigenvalue weighted by Gasteiger charge is 2.25. The van der Waals surface area contributed by atoms with Gasteiger partial charge < -0.3 is 22.1 Å². The van der Waals surface area contributed by atoms with Crippen LogP contribution >= 0.6 is 11.6 Å². The average molecular weight is 561 g/mol. The number of benzene rings is 1. The van der Waals surface area contributed by atoms with E-state index in [1.54, 1.807) is 61.5 Å². The van der Waals surface area contributed by atoms with Crippen LogP contribution in [0, 0.1) is 12.8 Å². The Bertz CT molecular complexity index is 1560. The van der Waals surface area contributed by atoms with E-state index in [0.717, 1.165) is 5.56 Å². The number of hydrogen-bond donors (Lipinski definition) is 4. The number of anilines is 1. The van der Waals surface area contributed by atoms with Gasteiger partial charge in [-0.05, 0) is 50.1 Å². The molecule has 11 heteroatoms. The fourth-order valence-corrected chi connectivity index (χ4v) is 5.00. The van der Waals surface area contributed by atoms with Gasteiger partial charge in [-0.2, -0.15) is 0 Å². The quantitative estimate of drug-likeness (QED) is 0.378. The maximum absolute atomic E-state index is 13.9. The van der Waals surface area contributed by atoms with E-state index in [4.69, 9.17) is 28.1 Å². The van der Waals surface area contributed by atoms with Gasteiger partial charge in [0, 0.05) is 65.2 Å². The first-order valence-corrected chi connectivity index (χ1v) is 13.3. The van der Waals surface area contributed by atoms with E-state index in [1.807, 2.05) is 13.0 Å². The molecule has 0 radical (unpaired) electrons. The zero-order valence-electron chi connectivity index (χ0n) is 22.7. The highest BCUT2D eigenvalue weighted by atomic mass is 35.5. The number of aromatic nitrogens is 3. The van der Waals surface area contributed by atoms with Crippen molar-refractivity contribution in [1.29, 1.82) is 0 Å². The molecular weight excluding hydrogens is 528 g/mol. The predicted molar refractivity (Wildman–Crippen MR) is 159 cm³/mol. The van der Waals surface area contributed by atoms with Crippen LogP contribution in [0.4, 0.5) is 5.69 Å². The van der Waals surface area contributed by atoms with E-state index in [9.17, 15) is 9.59 Å². The molecule has 0 saturated heterocycles. The largest absolute Gasteiger partial charge is 0.403 e. The molecule has 2 aromatic heterocycles. The number of aliphatic imine (C=N–C) groups is 1. The van der Waals surface area contributed by atoms with Gasteiger partial charge in [0.2, 0.25) is 5.91 Å². The number of nitrogens with one attached hydrogen (secondary N) is 2. The monoisotopic (exact) mass is 560 g/mol. The number of carbonyl (C=O) groups is 1. The highest BCUT2D eigenvalue weighted by Crippen LogP contribution is 2.32. The van der Waals surface area contributed by atoms with Gasteiger partial charge in [-0.3, -0.25) is 24.1 Å². The molecular formula is C29H33ClN8O2. The van der Waals surface area contributed by atoms with Crippen LogP contribution in [0.1, 0.15) is 49.0 Å². The van der Waals surface area contributed by atoms with E-state index in [1.165, 1.54) is 12.4 Å². The predicted octanol–water partition coefficient (Wildman–Crippen LogP) is 3.85.